The number of hydrogen-bond acceptors (Lipinski definition) is 7. The van der Waals surface area contributed by atoms with E-state index in [1.807, 2.05) is 36.4 Å². The molecule has 0 radical (unpaired) electrons. The van der Waals surface area contributed by atoms with Gasteiger partial charge in [0.15, 0.2) is 0 Å². The smallest absolute Gasteiger partial charge is 0.407 e. The summed E-state index contributed by atoms with van der Waals surface area (Å²) < 4.78 is 44.9. The normalized spacial score (nSPS) is 15.2. The minimum absolute atomic E-state index is 0.0108. The molecule has 1 fully saturated rings. The number of amides is 1. The molecule has 1 aliphatic carbocycles. The molecule has 0 saturated heterocycles. The van der Waals surface area contributed by atoms with Gasteiger partial charge in [-0.1, -0.05) is 55.3 Å². The summed E-state index contributed by atoms with van der Waals surface area (Å²) in [5, 5.41) is 14.3. The standard InChI is InChI=1S/C32H40N2O7S/c1-39-27-15-17-29(18-16-27)42(37,38)34(21-25-11-6-7-12-25)22-31(35)30(20-24-9-4-3-5-10-24)33-32(36)41-23-26-13-8-14-28(19-26)40-2/h3-5,8-10,13-19,25,30-31,35H,6-7,11-12,20-23H2,1-2H3,(H,33,36)/t30-,31+/m0/s1. The minimum atomic E-state index is -3.93. The van der Waals surface area contributed by atoms with Crippen LogP contribution in [-0.4, -0.2) is 63.4 Å². The monoisotopic (exact) mass is 596 g/mol. The van der Waals surface area contributed by atoms with Crippen LogP contribution in [0.1, 0.15) is 36.8 Å². The van der Waals surface area contributed by atoms with Crippen LogP contribution in [0.25, 0.3) is 0 Å². The highest BCUT2D eigenvalue weighted by Crippen LogP contribution is 2.29. The molecule has 1 saturated carbocycles. The van der Waals surface area contributed by atoms with Gasteiger partial charge >= 0.3 is 6.09 Å². The number of alkyl carbamates (subject to hydrolysis) is 1. The number of ether oxygens (including phenoxy) is 3. The highest BCUT2D eigenvalue weighted by Gasteiger charge is 2.33. The maximum Gasteiger partial charge on any atom is 0.407 e. The number of aliphatic hydroxyl groups is 1. The van der Waals surface area contributed by atoms with Gasteiger partial charge in [0.1, 0.15) is 18.1 Å². The first-order chi connectivity index (χ1) is 20.3. The Bertz CT molecular complexity index is 1380. The van der Waals surface area contributed by atoms with Gasteiger partial charge in [-0.3, -0.25) is 0 Å². The molecular weight excluding hydrogens is 556 g/mol. The summed E-state index contributed by atoms with van der Waals surface area (Å²) in [5.41, 5.74) is 1.63. The number of carbonyl (C=O) groups is 1. The van der Waals surface area contributed by atoms with Crippen LogP contribution >= 0.6 is 0 Å². The van der Waals surface area contributed by atoms with Gasteiger partial charge in [-0.25, -0.2) is 13.2 Å². The third kappa shape index (κ3) is 8.70. The quantitative estimate of drug-likeness (QED) is 0.275. The topological polar surface area (TPSA) is 114 Å². The third-order valence-electron chi connectivity index (χ3n) is 7.59. The number of nitrogens with one attached hydrogen (secondary N) is 1. The zero-order valence-electron chi connectivity index (χ0n) is 24.1. The Kier molecular flexibility index (Phi) is 11.2. The molecule has 1 amide bonds. The van der Waals surface area contributed by atoms with Crippen molar-refractivity contribution in [1.82, 2.24) is 9.62 Å². The van der Waals surface area contributed by atoms with Crippen LogP contribution in [0.2, 0.25) is 0 Å². The molecule has 1 aliphatic rings. The van der Waals surface area contributed by atoms with Crippen molar-refractivity contribution in [2.75, 3.05) is 27.3 Å². The summed E-state index contributed by atoms with van der Waals surface area (Å²) in [6.45, 7) is 0.124. The fourth-order valence-electron chi connectivity index (χ4n) is 5.24. The van der Waals surface area contributed by atoms with Crippen molar-refractivity contribution in [3.63, 3.8) is 0 Å². The van der Waals surface area contributed by atoms with Crippen LogP contribution < -0.4 is 14.8 Å². The van der Waals surface area contributed by atoms with E-state index in [1.54, 1.807) is 37.4 Å². The van der Waals surface area contributed by atoms with Gasteiger partial charge in [0.25, 0.3) is 0 Å². The molecule has 2 N–H and O–H groups in total. The van der Waals surface area contributed by atoms with Gasteiger partial charge in [-0.15, -0.1) is 0 Å². The average molecular weight is 597 g/mol. The lowest BCUT2D eigenvalue weighted by molar-refractivity contribution is 0.0867. The first-order valence-electron chi connectivity index (χ1n) is 14.2. The van der Waals surface area contributed by atoms with Crippen LogP contribution in [0.3, 0.4) is 0 Å². The van der Waals surface area contributed by atoms with Crippen molar-refractivity contribution < 1.29 is 32.5 Å². The number of methoxy groups -OCH3 is 2. The molecule has 9 nitrogen and oxygen atoms in total. The lowest BCUT2D eigenvalue weighted by Crippen LogP contribution is -2.51. The van der Waals surface area contributed by atoms with E-state index in [0.29, 0.717) is 18.0 Å². The summed E-state index contributed by atoms with van der Waals surface area (Å²) in [6.07, 6.45) is 2.36. The van der Waals surface area contributed by atoms with Crippen molar-refractivity contribution in [3.8, 4) is 11.5 Å². The minimum Gasteiger partial charge on any atom is -0.497 e. The number of aliphatic hydroxyl groups excluding tert-OH is 1. The molecule has 0 spiro atoms. The second-order valence-electron chi connectivity index (χ2n) is 10.6. The summed E-state index contributed by atoms with van der Waals surface area (Å²) in [5.74, 6) is 1.41. The fourth-order valence-corrected chi connectivity index (χ4v) is 6.77. The Labute approximate surface area is 248 Å². The molecule has 0 aliphatic heterocycles. The van der Waals surface area contributed by atoms with E-state index in [1.165, 1.54) is 23.5 Å². The highest BCUT2D eigenvalue weighted by molar-refractivity contribution is 7.89. The van der Waals surface area contributed by atoms with Crippen molar-refractivity contribution >= 4 is 16.1 Å². The number of rotatable bonds is 14. The van der Waals surface area contributed by atoms with Crippen molar-refractivity contribution in [2.45, 2.75) is 55.8 Å². The van der Waals surface area contributed by atoms with Gasteiger partial charge in [0, 0.05) is 13.1 Å². The predicted molar refractivity (Wildman–Crippen MR) is 160 cm³/mol. The average Bonchev–Trinajstić information content (AvgIpc) is 3.53. The lowest BCUT2D eigenvalue weighted by Gasteiger charge is -2.31. The number of hydrogen-bond donors (Lipinski definition) is 2. The van der Waals surface area contributed by atoms with Crippen molar-refractivity contribution in [2.24, 2.45) is 5.92 Å². The maximum atomic E-state index is 13.8. The van der Waals surface area contributed by atoms with E-state index in [2.05, 4.69) is 5.32 Å². The fraction of sp³-hybridized carbons (Fsp3) is 0.406. The summed E-state index contributed by atoms with van der Waals surface area (Å²) in [7, 11) is -0.850. The molecule has 0 aromatic heterocycles. The molecule has 10 heteroatoms. The highest BCUT2D eigenvalue weighted by atomic mass is 32.2. The first-order valence-corrected chi connectivity index (χ1v) is 15.6. The van der Waals surface area contributed by atoms with E-state index < -0.39 is 28.3 Å². The molecular formula is C32H40N2O7S. The summed E-state index contributed by atoms with van der Waals surface area (Å²) in [6, 6.07) is 22.1. The predicted octanol–water partition coefficient (Wildman–Crippen LogP) is 4.78. The SMILES string of the molecule is COc1ccc(S(=O)(=O)N(CC2CCCC2)C[C@@H](O)[C@H](Cc2ccccc2)NC(=O)OCc2cccc(OC)c2)cc1. The first kappa shape index (κ1) is 31.3. The molecule has 3 aromatic rings. The zero-order chi connectivity index (χ0) is 30.0. The number of sulfonamides is 1. The van der Waals surface area contributed by atoms with Gasteiger partial charge < -0.3 is 24.6 Å². The lowest BCUT2D eigenvalue weighted by atomic mass is 10.0. The van der Waals surface area contributed by atoms with E-state index in [9.17, 15) is 18.3 Å². The van der Waals surface area contributed by atoms with Crippen LogP contribution in [0, 0.1) is 5.92 Å². The second-order valence-corrected chi connectivity index (χ2v) is 12.5. The van der Waals surface area contributed by atoms with E-state index in [-0.39, 0.29) is 30.4 Å². The molecule has 0 bridgehead atoms. The van der Waals surface area contributed by atoms with Gasteiger partial charge in [0.05, 0.1) is 31.3 Å². The largest absolute Gasteiger partial charge is 0.497 e. The Balaban J connectivity index is 1.52. The van der Waals surface area contributed by atoms with Gasteiger partial charge in [-0.05, 0) is 72.7 Å². The van der Waals surface area contributed by atoms with Gasteiger partial charge in [-0.2, -0.15) is 4.31 Å². The summed E-state index contributed by atoms with van der Waals surface area (Å²) in [4.78, 5) is 13.0. The molecule has 2 atom stereocenters. The zero-order valence-corrected chi connectivity index (χ0v) is 25.0. The van der Waals surface area contributed by atoms with Gasteiger partial charge in [0.2, 0.25) is 10.0 Å². The third-order valence-corrected chi connectivity index (χ3v) is 9.44. The summed E-state index contributed by atoms with van der Waals surface area (Å²) >= 11 is 0. The maximum absolute atomic E-state index is 13.8. The van der Waals surface area contributed by atoms with Crippen molar-refractivity contribution in [1.29, 1.82) is 0 Å². The van der Waals surface area contributed by atoms with E-state index in [0.717, 1.165) is 36.8 Å². The van der Waals surface area contributed by atoms with Crippen LogP contribution in [0.15, 0.2) is 83.8 Å². The molecule has 4 rings (SSSR count). The Morgan fingerprint density at radius 2 is 1.60 bits per heavy atom. The number of benzene rings is 3. The number of nitrogens with zero attached hydrogens (tertiary/aromatic N) is 1. The molecule has 0 unspecified atom stereocenters. The van der Waals surface area contributed by atoms with E-state index >= 15 is 0 Å². The molecule has 42 heavy (non-hydrogen) atoms. The Hall–Kier alpha value is -3.60. The molecule has 3 aromatic carbocycles. The Morgan fingerprint density at radius 1 is 0.929 bits per heavy atom. The number of carbonyl (C=O) groups excluding carboxylic acids is 1. The molecule has 0 heterocycles. The van der Waals surface area contributed by atoms with Crippen molar-refractivity contribution in [3.05, 3.63) is 90.0 Å². The van der Waals surface area contributed by atoms with Crippen LogP contribution in [0.4, 0.5) is 4.79 Å². The van der Waals surface area contributed by atoms with E-state index in [4.69, 9.17) is 14.2 Å². The second kappa shape index (κ2) is 15.0. The molecule has 226 valence electrons. The Morgan fingerprint density at radius 3 is 2.26 bits per heavy atom. The van der Waals surface area contributed by atoms with Crippen LogP contribution in [0.5, 0.6) is 11.5 Å². The van der Waals surface area contributed by atoms with Crippen LogP contribution in [-0.2, 0) is 27.8 Å².